The number of esters is 1. The van der Waals surface area contributed by atoms with Crippen LogP contribution in [0, 0.1) is 0 Å². The van der Waals surface area contributed by atoms with Crippen LogP contribution in [0.25, 0.3) is 6.08 Å². The minimum Gasteiger partial charge on any atom is -0.597 e. The van der Waals surface area contributed by atoms with Crippen molar-refractivity contribution in [3.8, 4) is 0 Å². The Kier molecular flexibility index (Phi) is 9.60. The van der Waals surface area contributed by atoms with Crippen LogP contribution in [0.2, 0.25) is 5.02 Å². The summed E-state index contributed by atoms with van der Waals surface area (Å²) < 4.78 is 19.4. The average molecular weight is 412 g/mol. The highest BCUT2D eigenvalue weighted by molar-refractivity contribution is 7.90. The molecular weight excluding hydrogens is 382 g/mol. The van der Waals surface area contributed by atoms with Crippen molar-refractivity contribution < 1.29 is 14.1 Å². The second-order valence-corrected chi connectivity index (χ2v) is 9.93. The Hall–Kier alpha value is -1.27. The monoisotopic (exact) mass is 411 g/mol. The van der Waals surface area contributed by atoms with Crippen molar-refractivity contribution in [3.05, 3.63) is 53.1 Å². The molecule has 150 valence electrons. The molecule has 0 aliphatic heterocycles. The molecular formula is C21H30ClNO3S. The highest BCUT2D eigenvalue weighted by Gasteiger charge is 2.36. The SMILES string of the molecule is C=C(CN([C@H](C)CC=Cc1ccc(Cl)cc1)[S@@+]([O-])C(C)(C)C)C(=O)OCC. The lowest BCUT2D eigenvalue weighted by molar-refractivity contribution is -0.138. The summed E-state index contributed by atoms with van der Waals surface area (Å²) in [5.41, 5.74) is 1.36. The highest BCUT2D eigenvalue weighted by atomic mass is 35.5. The van der Waals surface area contributed by atoms with Gasteiger partial charge in [0.25, 0.3) is 0 Å². The Bertz CT molecular complexity index is 652. The van der Waals surface area contributed by atoms with Crippen LogP contribution < -0.4 is 0 Å². The molecule has 0 aliphatic carbocycles. The number of nitrogens with zero attached hydrogens (tertiary/aromatic N) is 1. The molecule has 1 aromatic rings. The number of hydrogen-bond acceptors (Lipinski definition) is 4. The van der Waals surface area contributed by atoms with Crippen molar-refractivity contribution in [1.29, 1.82) is 0 Å². The van der Waals surface area contributed by atoms with E-state index in [0.29, 0.717) is 23.6 Å². The van der Waals surface area contributed by atoms with E-state index in [4.69, 9.17) is 16.3 Å². The van der Waals surface area contributed by atoms with Gasteiger partial charge in [0.05, 0.1) is 19.2 Å². The summed E-state index contributed by atoms with van der Waals surface area (Å²) >= 11 is 4.62. The maximum Gasteiger partial charge on any atom is 0.334 e. The van der Waals surface area contributed by atoms with Gasteiger partial charge in [-0.15, -0.1) is 4.31 Å². The van der Waals surface area contributed by atoms with Gasteiger partial charge in [-0.1, -0.05) is 42.5 Å². The van der Waals surface area contributed by atoms with Crippen molar-refractivity contribution in [3.63, 3.8) is 0 Å². The third-order valence-electron chi connectivity index (χ3n) is 3.80. The number of rotatable bonds is 9. The van der Waals surface area contributed by atoms with Gasteiger partial charge in [0.2, 0.25) is 0 Å². The van der Waals surface area contributed by atoms with Crippen molar-refractivity contribution in [2.75, 3.05) is 13.2 Å². The minimum atomic E-state index is -1.28. The zero-order valence-corrected chi connectivity index (χ0v) is 18.4. The number of carbonyl (C=O) groups is 1. The lowest BCUT2D eigenvalue weighted by atomic mass is 10.1. The molecule has 1 aromatic carbocycles. The molecule has 2 atom stereocenters. The fraction of sp³-hybridized carbons (Fsp3) is 0.476. The van der Waals surface area contributed by atoms with E-state index in [1.54, 1.807) is 6.92 Å². The van der Waals surface area contributed by atoms with Gasteiger partial charge in [-0.3, -0.25) is 0 Å². The highest BCUT2D eigenvalue weighted by Crippen LogP contribution is 2.25. The summed E-state index contributed by atoms with van der Waals surface area (Å²) in [5.74, 6) is -0.447. The first-order valence-corrected chi connectivity index (χ1v) is 10.5. The van der Waals surface area contributed by atoms with E-state index in [2.05, 4.69) is 6.58 Å². The van der Waals surface area contributed by atoms with Crippen LogP contribution in [0.15, 0.2) is 42.5 Å². The van der Waals surface area contributed by atoms with Gasteiger partial charge in [-0.05, 0) is 58.7 Å². The van der Waals surface area contributed by atoms with Crippen LogP contribution >= 0.6 is 11.6 Å². The fourth-order valence-corrected chi connectivity index (χ4v) is 3.82. The van der Waals surface area contributed by atoms with Crippen LogP contribution in [0.3, 0.4) is 0 Å². The van der Waals surface area contributed by atoms with E-state index in [-0.39, 0.29) is 12.6 Å². The van der Waals surface area contributed by atoms with E-state index >= 15 is 0 Å². The number of ether oxygens (including phenoxy) is 1. The standard InChI is InChI=1S/C21H30ClNO3S/c1-7-26-20(24)16(2)15-23(27(25)21(4,5)6)17(3)9-8-10-18-11-13-19(22)14-12-18/h8,10-14,17H,2,7,9,15H2,1,3-6H3/t17-,27+/m1/s1. The minimum absolute atomic E-state index is 0.0419. The molecule has 1 rings (SSSR count). The molecule has 0 bridgehead atoms. The van der Waals surface area contributed by atoms with Crippen molar-refractivity contribution in [2.24, 2.45) is 0 Å². The maximum atomic E-state index is 13.0. The summed E-state index contributed by atoms with van der Waals surface area (Å²) in [6.45, 7) is 13.8. The van der Waals surface area contributed by atoms with Gasteiger partial charge >= 0.3 is 5.97 Å². The molecule has 0 aromatic heterocycles. The normalized spacial score (nSPS) is 14.4. The molecule has 0 unspecified atom stereocenters. The molecule has 0 amide bonds. The van der Waals surface area contributed by atoms with Crippen LogP contribution in [0.5, 0.6) is 0 Å². The summed E-state index contributed by atoms with van der Waals surface area (Å²) in [5, 5.41) is 0.699. The molecule has 0 radical (unpaired) electrons. The van der Waals surface area contributed by atoms with Gasteiger partial charge in [0.1, 0.15) is 4.75 Å². The van der Waals surface area contributed by atoms with Crippen molar-refractivity contribution >= 4 is 35.0 Å². The molecule has 0 saturated heterocycles. The Morgan fingerprint density at radius 3 is 2.48 bits per heavy atom. The first kappa shape index (κ1) is 23.8. The first-order valence-electron chi connectivity index (χ1n) is 9.02. The van der Waals surface area contributed by atoms with Gasteiger partial charge in [-0.2, -0.15) is 0 Å². The Morgan fingerprint density at radius 2 is 1.96 bits per heavy atom. The molecule has 0 spiro atoms. The molecule has 6 heteroatoms. The van der Waals surface area contributed by atoms with Crippen molar-refractivity contribution in [1.82, 2.24) is 4.31 Å². The summed E-state index contributed by atoms with van der Waals surface area (Å²) in [6, 6.07) is 7.53. The zero-order valence-electron chi connectivity index (χ0n) is 16.8. The largest absolute Gasteiger partial charge is 0.597 e. The first-order chi connectivity index (χ1) is 12.6. The molecule has 0 saturated carbocycles. The summed E-state index contributed by atoms with van der Waals surface area (Å²) in [4.78, 5) is 11.9. The van der Waals surface area contributed by atoms with E-state index < -0.39 is 22.1 Å². The Labute approximate surface area is 171 Å². The molecule has 0 heterocycles. The number of halogens is 1. The van der Waals surface area contributed by atoms with Crippen molar-refractivity contribution in [2.45, 2.75) is 51.8 Å². The van der Waals surface area contributed by atoms with E-state index in [9.17, 15) is 9.35 Å². The maximum absolute atomic E-state index is 13.0. The lowest BCUT2D eigenvalue weighted by Gasteiger charge is -2.36. The number of carbonyl (C=O) groups excluding carboxylic acids is 1. The van der Waals surface area contributed by atoms with Crippen LogP contribution in [-0.2, 0) is 20.9 Å². The molecule has 27 heavy (non-hydrogen) atoms. The third-order valence-corrected chi connectivity index (χ3v) is 6.01. The lowest BCUT2D eigenvalue weighted by Crippen LogP contribution is -2.48. The van der Waals surface area contributed by atoms with Gasteiger partial charge in [-0.25, -0.2) is 4.79 Å². The summed E-state index contributed by atoms with van der Waals surface area (Å²) in [6.07, 6.45) is 4.72. The second kappa shape index (κ2) is 10.9. The second-order valence-electron chi connectivity index (χ2n) is 7.30. The fourth-order valence-electron chi connectivity index (χ4n) is 2.31. The average Bonchev–Trinajstić information content (AvgIpc) is 2.59. The smallest absolute Gasteiger partial charge is 0.334 e. The quantitative estimate of drug-likeness (QED) is 0.325. The molecule has 4 nitrogen and oxygen atoms in total. The third kappa shape index (κ3) is 8.09. The van der Waals surface area contributed by atoms with Gasteiger partial charge < -0.3 is 9.29 Å². The predicted molar refractivity (Wildman–Crippen MR) is 115 cm³/mol. The van der Waals surface area contributed by atoms with Gasteiger partial charge in [0.15, 0.2) is 0 Å². The Balaban J connectivity index is 2.85. The van der Waals surface area contributed by atoms with Crippen LogP contribution in [0.4, 0.5) is 0 Å². The van der Waals surface area contributed by atoms with Crippen LogP contribution in [-0.4, -0.2) is 38.8 Å². The molecule has 0 fully saturated rings. The molecule has 0 N–H and O–H groups in total. The molecule has 0 aliphatic rings. The zero-order chi connectivity index (χ0) is 20.6. The summed E-state index contributed by atoms with van der Waals surface area (Å²) in [7, 11) is 0. The van der Waals surface area contributed by atoms with E-state index in [1.807, 2.05) is 68.4 Å². The van der Waals surface area contributed by atoms with E-state index in [0.717, 1.165) is 5.56 Å². The van der Waals surface area contributed by atoms with Crippen LogP contribution in [0.1, 0.15) is 46.6 Å². The topological polar surface area (TPSA) is 52.6 Å². The Morgan fingerprint density at radius 1 is 1.37 bits per heavy atom. The number of hydrogen-bond donors (Lipinski definition) is 0. The van der Waals surface area contributed by atoms with E-state index in [1.165, 1.54) is 0 Å². The number of benzene rings is 1. The van der Waals surface area contributed by atoms with Gasteiger partial charge in [0, 0.05) is 22.0 Å². The predicted octanol–water partition coefficient (Wildman–Crippen LogP) is 5.02.